The number of carbonyl (C=O) groups excluding carboxylic acids is 1. The van der Waals surface area contributed by atoms with Crippen molar-refractivity contribution < 1.29 is 9.18 Å². The molecule has 17 heavy (non-hydrogen) atoms. The molecule has 0 N–H and O–H groups in total. The average Bonchev–Trinajstić information content (AvgIpc) is 2.23. The van der Waals surface area contributed by atoms with Gasteiger partial charge in [-0.3, -0.25) is 4.79 Å². The fraction of sp³-hybridized carbons (Fsp3) is 0.500. The van der Waals surface area contributed by atoms with Crippen molar-refractivity contribution in [2.75, 3.05) is 6.54 Å². The molecule has 1 aliphatic rings. The number of benzene rings is 1. The Labute approximate surface area is 101 Å². The van der Waals surface area contributed by atoms with Crippen LogP contribution in [0.5, 0.6) is 0 Å². The average molecular weight is 235 g/mol. The summed E-state index contributed by atoms with van der Waals surface area (Å²) in [5.41, 5.74) is 0.861. The van der Waals surface area contributed by atoms with Gasteiger partial charge in [0.1, 0.15) is 5.82 Å². The van der Waals surface area contributed by atoms with Crippen LogP contribution in [0, 0.1) is 11.7 Å². The van der Waals surface area contributed by atoms with Gasteiger partial charge in [-0.1, -0.05) is 18.6 Å². The van der Waals surface area contributed by atoms with Crippen molar-refractivity contribution in [2.24, 2.45) is 5.92 Å². The predicted molar refractivity (Wildman–Crippen MR) is 64.8 cm³/mol. The van der Waals surface area contributed by atoms with Crippen LogP contribution in [0.15, 0.2) is 24.3 Å². The number of hydrogen-bond acceptors (Lipinski definition) is 1. The van der Waals surface area contributed by atoms with E-state index in [9.17, 15) is 9.18 Å². The molecule has 0 aliphatic heterocycles. The summed E-state index contributed by atoms with van der Waals surface area (Å²) < 4.78 is 13.1. The zero-order chi connectivity index (χ0) is 12.3. The van der Waals surface area contributed by atoms with Crippen molar-refractivity contribution in [3.8, 4) is 0 Å². The second kappa shape index (κ2) is 5.30. The van der Waals surface area contributed by atoms with Gasteiger partial charge in [-0.25, -0.2) is 4.39 Å². The number of amides is 1. The van der Waals surface area contributed by atoms with E-state index in [1.807, 2.05) is 17.9 Å². The number of carbonyl (C=O) groups is 1. The highest BCUT2D eigenvalue weighted by Crippen LogP contribution is 2.28. The van der Waals surface area contributed by atoms with E-state index < -0.39 is 0 Å². The molecule has 1 aromatic rings. The van der Waals surface area contributed by atoms with Crippen LogP contribution in [-0.4, -0.2) is 17.4 Å². The predicted octanol–water partition coefficient (Wildman–Crippen LogP) is 2.97. The molecule has 1 fully saturated rings. The van der Waals surface area contributed by atoms with E-state index in [-0.39, 0.29) is 17.6 Å². The summed E-state index contributed by atoms with van der Waals surface area (Å²) in [7, 11) is 0. The Morgan fingerprint density at radius 1 is 1.47 bits per heavy atom. The number of rotatable bonds is 4. The first kappa shape index (κ1) is 12.1. The van der Waals surface area contributed by atoms with Gasteiger partial charge in [0, 0.05) is 19.0 Å². The molecule has 0 unspecified atom stereocenters. The Balaban J connectivity index is 2.01. The summed E-state index contributed by atoms with van der Waals surface area (Å²) in [4.78, 5) is 13.9. The largest absolute Gasteiger partial charge is 0.338 e. The van der Waals surface area contributed by atoms with Gasteiger partial charge in [-0.2, -0.15) is 0 Å². The molecule has 1 saturated carbocycles. The maximum Gasteiger partial charge on any atom is 0.225 e. The lowest BCUT2D eigenvalue weighted by molar-refractivity contribution is -0.138. The SMILES string of the molecule is CCN(Cc1cccc(F)c1)C(=O)C1CCC1. The second-order valence-corrected chi connectivity index (χ2v) is 4.61. The third kappa shape index (κ3) is 2.84. The molecule has 1 amide bonds. The lowest BCUT2D eigenvalue weighted by Gasteiger charge is -2.31. The van der Waals surface area contributed by atoms with Crippen LogP contribution in [0.25, 0.3) is 0 Å². The second-order valence-electron chi connectivity index (χ2n) is 4.61. The molecule has 0 saturated heterocycles. The monoisotopic (exact) mass is 235 g/mol. The molecule has 2 rings (SSSR count). The van der Waals surface area contributed by atoms with Crippen LogP contribution in [0.2, 0.25) is 0 Å². The van der Waals surface area contributed by atoms with Gasteiger partial charge in [-0.05, 0) is 37.5 Å². The molecule has 0 spiro atoms. The summed E-state index contributed by atoms with van der Waals surface area (Å²) in [5.74, 6) is 0.196. The van der Waals surface area contributed by atoms with Crippen LogP contribution in [0.3, 0.4) is 0 Å². The minimum Gasteiger partial charge on any atom is -0.338 e. The van der Waals surface area contributed by atoms with Crippen molar-refractivity contribution in [3.63, 3.8) is 0 Å². The van der Waals surface area contributed by atoms with Gasteiger partial charge in [0.25, 0.3) is 0 Å². The first-order chi connectivity index (χ1) is 8.20. The van der Waals surface area contributed by atoms with Crippen LogP contribution < -0.4 is 0 Å². The molecular weight excluding hydrogens is 217 g/mol. The molecule has 0 heterocycles. The van der Waals surface area contributed by atoms with E-state index in [2.05, 4.69) is 0 Å². The Morgan fingerprint density at radius 3 is 2.76 bits per heavy atom. The van der Waals surface area contributed by atoms with Crippen LogP contribution >= 0.6 is 0 Å². The quantitative estimate of drug-likeness (QED) is 0.785. The van der Waals surface area contributed by atoms with E-state index in [0.717, 1.165) is 24.8 Å². The maximum atomic E-state index is 13.1. The summed E-state index contributed by atoms with van der Waals surface area (Å²) in [6.45, 7) is 3.17. The topological polar surface area (TPSA) is 20.3 Å². The summed E-state index contributed by atoms with van der Waals surface area (Å²) >= 11 is 0. The van der Waals surface area contributed by atoms with Crippen LogP contribution in [0.4, 0.5) is 4.39 Å². The van der Waals surface area contributed by atoms with Crippen molar-refractivity contribution in [2.45, 2.75) is 32.7 Å². The Kier molecular flexibility index (Phi) is 3.77. The number of hydrogen-bond donors (Lipinski definition) is 0. The fourth-order valence-corrected chi connectivity index (χ4v) is 2.11. The van der Waals surface area contributed by atoms with Gasteiger partial charge in [0.2, 0.25) is 5.91 Å². The number of nitrogens with zero attached hydrogens (tertiary/aromatic N) is 1. The first-order valence-corrected chi connectivity index (χ1v) is 6.24. The van der Waals surface area contributed by atoms with Crippen molar-refractivity contribution >= 4 is 5.91 Å². The van der Waals surface area contributed by atoms with Gasteiger partial charge in [-0.15, -0.1) is 0 Å². The van der Waals surface area contributed by atoms with E-state index >= 15 is 0 Å². The van der Waals surface area contributed by atoms with E-state index in [0.29, 0.717) is 13.1 Å². The molecule has 92 valence electrons. The molecule has 0 aromatic heterocycles. The molecule has 0 radical (unpaired) electrons. The molecular formula is C14H18FNO. The highest BCUT2D eigenvalue weighted by molar-refractivity contribution is 5.79. The van der Waals surface area contributed by atoms with Crippen LogP contribution in [-0.2, 0) is 11.3 Å². The summed E-state index contributed by atoms with van der Waals surface area (Å²) in [6.07, 6.45) is 3.19. The zero-order valence-electron chi connectivity index (χ0n) is 10.2. The van der Waals surface area contributed by atoms with Crippen LogP contribution in [0.1, 0.15) is 31.7 Å². The molecule has 1 aromatic carbocycles. The van der Waals surface area contributed by atoms with Crippen molar-refractivity contribution in [1.29, 1.82) is 0 Å². The third-order valence-electron chi connectivity index (χ3n) is 3.41. The molecule has 1 aliphatic carbocycles. The standard InChI is InChI=1S/C14H18FNO/c1-2-16(14(17)12-6-4-7-12)10-11-5-3-8-13(15)9-11/h3,5,8-9,12H,2,4,6-7,10H2,1H3. The Hall–Kier alpha value is -1.38. The summed E-state index contributed by atoms with van der Waals surface area (Å²) in [6, 6.07) is 6.47. The van der Waals surface area contributed by atoms with Crippen molar-refractivity contribution in [1.82, 2.24) is 4.90 Å². The minimum atomic E-state index is -0.241. The molecule has 0 atom stereocenters. The fourth-order valence-electron chi connectivity index (χ4n) is 2.11. The van der Waals surface area contributed by atoms with E-state index in [1.165, 1.54) is 12.1 Å². The van der Waals surface area contributed by atoms with E-state index in [1.54, 1.807) is 6.07 Å². The van der Waals surface area contributed by atoms with Crippen molar-refractivity contribution in [3.05, 3.63) is 35.6 Å². The third-order valence-corrected chi connectivity index (χ3v) is 3.41. The first-order valence-electron chi connectivity index (χ1n) is 6.24. The highest BCUT2D eigenvalue weighted by atomic mass is 19.1. The smallest absolute Gasteiger partial charge is 0.225 e. The minimum absolute atomic E-state index is 0.212. The summed E-state index contributed by atoms with van der Waals surface area (Å²) in [5, 5.41) is 0. The Bertz CT molecular complexity index is 401. The highest BCUT2D eigenvalue weighted by Gasteiger charge is 2.28. The molecule has 2 nitrogen and oxygen atoms in total. The Morgan fingerprint density at radius 2 is 2.24 bits per heavy atom. The zero-order valence-corrected chi connectivity index (χ0v) is 10.2. The molecule has 3 heteroatoms. The van der Waals surface area contributed by atoms with Gasteiger partial charge >= 0.3 is 0 Å². The lowest BCUT2D eigenvalue weighted by Crippen LogP contribution is -2.38. The molecule has 0 bridgehead atoms. The lowest BCUT2D eigenvalue weighted by atomic mass is 9.84. The maximum absolute atomic E-state index is 13.1. The van der Waals surface area contributed by atoms with Gasteiger partial charge < -0.3 is 4.90 Å². The van der Waals surface area contributed by atoms with Gasteiger partial charge in [0.15, 0.2) is 0 Å². The normalized spacial score (nSPS) is 15.4. The van der Waals surface area contributed by atoms with E-state index in [4.69, 9.17) is 0 Å². The number of halogens is 1. The van der Waals surface area contributed by atoms with Gasteiger partial charge in [0.05, 0.1) is 0 Å².